The Morgan fingerprint density at radius 1 is 0.844 bits per heavy atom. The molecule has 0 radical (unpaired) electrons. The van der Waals surface area contributed by atoms with Crippen molar-refractivity contribution >= 4 is 17.4 Å². The summed E-state index contributed by atoms with van der Waals surface area (Å²) in [6.07, 6.45) is 0.733. The summed E-state index contributed by atoms with van der Waals surface area (Å²) in [6.45, 7) is 8.71. The van der Waals surface area contributed by atoms with Crippen molar-refractivity contribution in [2.24, 2.45) is 0 Å². The smallest absolute Gasteiger partial charge is 0.102 e. The second-order valence-electron chi connectivity index (χ2n) is 8.98. The van der Waals surface area contributed by atoms with Crippen LogP contribution >= 0.6 is 11.8 Å². The average molecular weight is 438 g/mol. The van der Waals surface area contributed by atoms with Gasteiger partial charge in [-0.15, -0.1) is 11.8 Å². The van der Waals surface area contributed by atoms with Crippen LogP contribution in [0.3, 0.4) is 0 Å². The number of fused-ring (bicyclic) bond motifs is 1. The van der Waals surface area contributed by atoms with Crippen molar-refractivity contribution < 1.29 is 0 Å². The highest BCUT2D eigenvalue weighted by Gasteiger charge is 2.33. The first kappa shape index (κ1) is 22.0. The van der Waals surface area contributed by atoms with Gasteiger partial charge in [0.1, 0.15) is 12.1 Å². The molecule has 3 aromatic rings. The lowest BCUT2D eigenvalue weighted by Gasteiger charge is -2.16. The van der Waals surface area contributed by atoms with Crippen LogP contribution in [0, 0.1) is 22.7 Å². The fourth-order valence-corrected chi connectivity index (χ4v) is 5.82. The zero-order chi connectivity index (χ0) is 23.0. The lowest BCUT2D eigenvalue weighted by molar-refractivity contribution is 0.862. The Labute approximate surface area is 194 Å². The molecule has 0 saturated carbocycles. The van der Waals surface area contributed by atoms with E-state index < -0.39 is 0 Å². The molecule has 0 spiro atoms. The van der Waals surface area contributed by atoms with Crippen molar-refractivity contribution in [3.63, 3.8) is 0 Å². The highest BCUT2D eigenvalue weighted by molar-refractivity contribution is 8.00. The third kappa shape index (κ3) is 3.77. The van der Waals surface area contributed by atoms with Gasteiger partial charge in [-0.3, -0.25) is 0 Å². The lowest BCUT2D eigenvalue weighted by Crippen LogP contribution is -2.03. The highest BCUT2D eigenvalue weighted by atomic mass is 32.2. The Bertz CT molecular complexity index is 1240. The number of nitriles is 2. The zero-order valence-corrected chi connectivity index (χ0v) is 19.8. The quantitative estimate of drug-likeness (QED) is 0.434. The Balaban J connectivity index is 1.84. The number of hydrogen-bond acceptors (Lipinski definition) is 4. The predicted octanol–water partition coefficient (Wildman–Crippen LogP) is 7.32. The van der Waals surface area contributed by atoms with E-state index in [0.717, 1.165) is 28.0 Å². The standard InChI is InChI=1S/C28H27N3S/c1-16(2)18-5-9-20(10-6-18)25-13-22-23(14-29)27(31)24(15-30)26(28(22)32-25)21-11-7-19(8-12-21)17(3)4/h5-12,16-17,25H,13,31H2,1-4H3. The van der Waals surface area contributed by atoms with E-state index in [2.05, 4.69) is 88.4 Å². The maximum Gasteiger partial charge on any atom is 0.102 e. The molecule has 1 aliphatic rings. The highest BCUT2D eigenvalue weighted by Crippen LogP contribution is 2.54. The molecule has 32 heavy (non-hydrogen) atoms. The molecule has 0 bridgehead atoms. The number of thioether (sulfide) groups is 1. The van der Waals surface area contributed by atoms with E-state index in [-0.39, 0.29) is 5.25 Å². The molecule has 1 unspecified atom stereocenters. The van der Waals surface area contributed by atoms with E-state index in [9.17, 15) is 10.5 Å². The molecule has 1 aliphatic heterocycles. The maximum absolute atomic E-state index is 9.97. The molecular formula is C28H27N3S. The first-order valence-electron chi connectivity index (χ1n) is 11.0. The van der Waals surface area contributed by atoms with E-state index in [1.807, 2.05) is 0 Å². The zero-order valence-electron chi connectivity index (χ0n) is 18.9. The van der Waals surface area contributed by atoms with Gasteiger partial charge in [0, 0.05) is 15.7 Å². The third-order valence-electron chi connectivity index (χ3n) is 6.31. The van der Waals surface area contributed by atoms with Gasteiger partial charge in [0.2, 0.25) is 0 Å². The molecule has 0 fully saturated rings. The molecule has 0 aromatic heterocycles. The van der Waals surface area contributed by atoms with Gasteiger partial charge >= 0.3 is 0 Å². The fraction of sp³-hybridized carbons (Fsp3) is 0.286. The molecule has 160 valence electrons. The Hall–Kier alpha value is -3.21. The van der Waals surface area contributed by atoms with Crippen molar-refractivity contribution in [1.29, 1.82) is 10.5 Å². The van der Waals surface area contributed by atoms with E-state index in [4.69, 9.17) is 5.73 Å². The van der Waals surface area contributed by atoms with Crippen LogP contribution in [0.1, 0.15) is 78.2 Å². The molecule has 4 rings (SSSR count). The van der Waals surface area contributed by atoms with Gasteiger partial charge in [-0.25, -0.2) is 0 Å². The van der Waals surface area contributed by atoms with Crippen LogP contribution in [0.25, 0.3) is 11.1 Å². The minimum atomic E-state index is 0.195. The van der Waals surface area contributed by atoms with Crippen molar-refractivity contribution in [3.8, 4) is 23.3 Å². The molecular weight excluding hydrogens is 410 g/mol. The number of anilines is 1. The molecule has 0 amide bonds. The number of nitrogens with two attached hydrogens (primary N) is 1. The minimum absolute atomic E-state index is 0.195. The second kappa shape index (κ2) is 8.73. The van der Waals surface area contributed by atoms with Gasteiger partial charge in [-0.2, -0.15) is 10.5 Å². The van der Waals surface area contributed by atoms with Gasteiger partial charge in [-0.05, 0) is 46.1 Å². The van der Waals surface area contributed by atoms with Gasteiger partial charge in [0.15, 0.2) is 0 Å². The molecule has 1 heterocycles. The number of nitrogen functional groups attached to an aromatic ring is 1. The number of benzene rings is 3. The van der Waals surface area contributed by atoms with Crippen LogP contribution in [0.2, 0.25) is 0 Å². The monoisotopic (exact) mass is 437 g/mol. The summed E-state index contributed by atoms with van der Waals surface area (Å²) in [6, 6.07) is 21.7. The van der Waals surface area contributed by atoms with Crippen LogP contribution in [-0.2, 0) is 6.42 Å². The Kier molecular flexibility index (Phi) is 6.00. The average Bonchev–Trinajstić information content (AvgIpc) is 3.23. The summed E-state index contributed by atoms with van der Waals surface area (Å²) in [7, 11) is 0. The largest absolute Gasteiger partial charge is 0.397 e. The molecule has 1 atom stereocenters. The molecule has 0 saturated heterocycles. The van der Waals surface area contributed by atoms with Crippen molar-refractivity contribution in [1.82, 2.24) is 0 Å². The normalized spacial score (nSPS) is 14.9. The van der Waals surface area contributed by atoms with Gasteiger partial charge in [0.25, 0.3) is 0 Å². The SMILES string of the molecule is CC(C)c1ccc(-c2c(C#N)c(N)c(C#N)c3c2SC(c2ccc(C(C)C)cc2)C3)cc1. The van der Waals surface area contributed by atoms with E-state index in [1.165, 1.54) is 16.7 Å². The van der Waals surface area contributed by atoms with E-state index >= 15 is 0 Å². The van der Waals surface area contributed by atoms with E-state index in [1.54, 1.807) is 11.8 Å². The summed E-state index contributed by atoms with van der Waals surface area (Å²) in [5.74, 6) is 0.921. The summed E-state index contributed by atoms with van der Waals surface area (Å²) >= 11 is 1.75. The van der Waals surface area contributed by atoms with Crippen molar-refractivity contribution in [2.75, 3.05) is 5.73 Å². The number of nitrogens with zero attached hydrogens (tertiary/aromatic N) is 2. The summed E-state index contributed by atoms with van der Waals surface area (Å²) < 4.78 is 0. The summed E-state index contributed by atoms with van der Waals surface area (Å²) in [4.78, 5) is 1.02. The van der Waals surface area contributed by atoms with Crippen LogP contribution in [0.15, 0.2) is 53.4 Å². The first-order chi connectivity index (χ1) is 15.3. The number of rotatable bonds is 4. The second-order valence-corrected chi connectivity index (χ2v) is 10.2. The van der Waals surface area contributed by atoms with Gasteiger partial charge in [-0.1, -0.05) is 76.2 Å². The molecule has 0 aliphatic carbocycles. The number of hydrogen-bond donors (Lipinski definition) is 1. The minimum Gasteiger partial charge on any atom is -0.397 e. The van der Waals surface area contributed by atoms with Crippen LogP contribution in [0.4, 0.5) is 5.69 Å². The summed E-state index contributed by atoms with van der Waals surface area (Å²) in [5, 5.41) is 20.0. The topological polar surface area (TPSA) is 73.6 Å². The van der Waals surface area contributed by atoms with Crippen LogP contribution in [0.5, 0.6) is 0 Å². The molecule has 3 nitrogen and oxygen atoms in total. The third-order valence-corrected chi connectivity index (χ3v) is 7.72. The maximum atomic E-state index is 9.97. The molecule has 2 N–H and O–H groups in total. The molecule has 4 heteroatoms. The summed E-state index contributed by atoms with van der Waals surface area (Å²) in [5.41, 5.74) is 14.1. The fourth-order valence-electron chi connectivity index (χ4n) is 4.33. The van der Waals surface area contributed by atoms with Crippen LogP contribution < -0.4 is 5.73 Å². The van der Waals surface area contributed by atoms with Crippen LogP contribution in [-0.4, -0.2) is 0 Å². The molecule has 3 aromatic carbocycles. The predicted molar refractivity (Wildman–Crippen MR) is 133 cm³/mol. The van der Waals surface area contributed by atoms with Crippen molar-refractivity contribution in [3.05, 3.63) is 81.9 Å². The van der Waals surface area contributed by atoms with Gasteiger partial charge < -0.3 is 5.73 Å². The van der Waals surface area contributed by atoms with Crippen molar-refractivity contribution in [2.45, 2.75) is 56.1 Å². The van der Waals surface area contributed by atoms with E-state index in [0.29, 0.717) is 28.7 Å². The Morgan fingerprint density at radius 3 is 1.88 bits per heavy atom. The lowest BCUT2D eigenvalue weighted by atomic mass is 9.89. The Morgan fingerprint density at radius 2 is 1.38 bits per heavy atom. The van der Waals surface area contributed by atoms with Gasteiger partial charge in [0.05, 0.1) is 16.8 Å². The first-order valence-corrected chi connectivity index (χ1v) is 11.9.